The molecule has 1 fully saturated rings. The van der Waals surface area contributed by atoms with Crippen molar-refractivity contribution in [2.45, 2.75) is 12.5 Å². The zero-order valence-electron chi connectivity index (χ0n) is 9.30. The first-order chi connectivity index (χ1) is 8.37. The Balaban J connectivity index is 2.22. The average molecular weight is 382 g/mol. The molecule has 0 radical (unpaired) electrons. The fourth-order valence-electron chi connectivity index (χ4n) is 1.81. The van der Waals surface area contributed by atoms with Gasteiger partial charge < -0.3 is 9.84 Å². The van der Waals surface area contributed by atoms with Crippen molar-refractivity contribution in [1.29, 1.82) is 0 Å². The highest BCUT2D eigenvalue weighted by Crippen LogP contribution is 2.25. The summed E-state index contributed by atoms with van der Waals surface area (Å²) >= 11 is 2.01. The van der Waals surface area contributed by atoms with Gasteiger partial charge in [0.2, 0.25) is 0 Å². The Labute approximate surface area is 118 Å². The van der Waals surface area contributed by atoms with E-state index >= 15 is 0 Å². The van der Waals surface area contributed by atoms with Crippen LogP contribution in [0.5, 0.6) is 5.75 Å². The van der Waals surface area contributed by atoms with E-state index in [0.717, 1.165) is 3.57 Å². The third-order valence-corrected chi connectivity index (χ3v) is 5.06. The van der Waals surface area contributed by atoms with Gasteiger partial charge in [0.25, 0.3) is 0 Å². The molecule has 1 aromatic carbocycles. The SMILES string of the molecule is O=C(O)c1cc(I)ccc1OC1CCS(=O)(=O)C1. The maximum Gasteiger partial charge on any atom is 0.339 e. The number of aromatic carboxylic acids is 1. The highest BCUT2D eigenvalue weighted by molar-refractivity contribution is 14.1. The second-order valence-corrected chi connectivity index (χ2v) is 7.56. The Kier molecular flexibility index (Phi) is 3.81. The molecule has 0 aliphatic carbocycles. The lowest BCUT2D eigenvalue weighted by Crippen LogP contribution is -2.19. The van der Waals surface area contributed by atoms with Crippen molar-refractivity contribution in [2.75, 3.05) is 11.5 Å². The minimum Gasteiger partial charge on any atom is -0.488 e. The Morgan fingerprint density at radius 1 is 1.44 bits per heavy atom. The molecule has 1 aliphatic heterocycles. The van der Waals surface area contributed by atoms with Crippen LogP contribution in [-0.2, 0) is 9.84 Å². The summed E-state index contributed by atoms with van der Waals surface area (Å²) in [5.74, 6) is -0.794. The van der Waals surface area contributed by atoms with Gasteiger partial charge in [-0.2, -0.15) is 0 Å². The molecule has 0 aromatic heterocycles. The smallest absolute Gasteiger partial charge is 0.339 e. The fourth-order valence-corrected chi connectivity index (χ4v) is 3.89. The Morgan fingerprint density at radius 3 is 2.72 bits per heavy atom. The molecule has 1 atom stereocenters. The van der Waals surface area contributed by atoms with E-state index in [1.807, 2.05) is 22.6 Å². The number of ether oxygens (including phenoxy) is 1. The minimum absolute atomic E-state index is 0.0436. The van der Waals surface area contributed by atoms with Crippen molar-refractivity contribution in [3.63, 3.8) is 0 Å². The van der Waals surface area contributed by atoms with Crippen LogP contribution in [0, 0.1) is 3.57 Å². The van der Waals surface area contributed by atoms with Gasteiger partial charge in [0.15, 0.2) is 9.84 Å². The van der Waals surface area contributed by atoms with Crippen molar-refractivity contribution < 1.29 is 23.1 Å². The number of benzene rings is 1. The molecule has 0 spiro atoms. The average Bonchev–Trinajstić information content (AvgIpc) is 2.60. The van der Waals surface area contributed by atoms with Crippen LogP contribution in [0.4, 0.5) is 0 Å². The van der Waals surface area contributed by atoms with Gasteiger partial charge in [0.05, 0.1) is 11.5 Å². The summed E-state index contributed by atoms with van der Waals surface area (Å²) < 4.78 is 28.9. The molecule has 0 bridgehead atoms. The van der Waals surface area contributed by atoms with E-state index in [-0.39, 0.29) is 22.8 Å². The van der Waals surface area contributed by atoms with Crippen LogP contribution in [0.1, 0.15) is 16.8 Å². The van der Waals surface area contributed by atoms with Gasteiger partial charge in [-0.15, -0.1) is 0 Å². The lowest BCUT2D eigenvalue weighted by atomic mass is 10.2. The molecule has 1 aromatic rings. The molecule has 0 amide bonds. The summed E-state index contributed by atoms with van der Waals surface area (Å²) in [4.78, 5) is 11.1. The van der Waals surface area contributed by atoms with E-state index in [2.05, 4.69) is 0 Å². The van der Waals surface area contributed by atoms with Gasteiger partial charge in [-0.3, -0.25) is 0 Å². The minimum atomic E-state index is -3.03. The maximum atomic E-state index is 11.3. The third kappa shape index (κ3) is 3.14. The summed E-state index contributed by atoms with van der Waals surface area (Å²) in [6, 6.07) is 4.80. The van der Waals surface area contributed by atoms with Crippen LogP contribution in [0.3, 0.4) is 0 Å². The van der Waals surface area contributed by atoms with Crippen LogP contribution in [0.15, 0.2) is 18.2 Å². The van der Waals surface area contributed by atoms with Crippen LogP contribution >= 0.6 is 22.6 Å². The standard InChI is InChI=1S/C11H11IO5S/c12-7-1-2-10(9(5-7)11(13)14)17-8-3-4-18(15,16)6-8/h1-2,5,8H,3-4,6H2,(H,13,14). The monoisotopic (exact) mass is 382 g/mol. The molecule has 98 valence electrons. The molecule has 1 unspecified atom stereocenters. The number of carboxylic acids is 1. The number of hydrogen-bond donors (Lipinski definition) is 1. The molecule has 0 saturated carbocycles. The van der Waals surface area contributed by atoms with Gasteiger partial charge in [0.1, 0.15) is 17.4 Å². The summed E-state index contributed by atoms with van der Waals surface area (Å²) in [5, 5.41) is 9.07. The van der Waals surface area contributed by atoms with Crippen molar-refractivity contribution in [3.8, 4) is 5.75 Å². The first-order valence-electron chi connectivity index (χ1n) is 5.27. The molecule has 7 heteroatoms. The van der Waals surface area contributed by atoms with Crippen molar-refractivity contribution in [3.05, 3.63) is 27.3 Å². The Hall–Kier alpha value is -0.830. The van der Waals surface area contributed by atoms with Crippen LogP contribution in [-0.4, -0.2) is 37.1 Å². The lowest BCUT2D eigenvalue weighted by Gasteiger charge is -2.14. The summed E-state index contributed by atoms with van der Waals surface area (Å²) in [5.41, 5.74) is 0.0613. The lowest BCUT2D eigenvalue weighted by molar-refractivity contribution is 0.0690. The zero-order valence-corrected chi connectivity index (χ0v) is 12.3. The maximum absolute atomic E-state index is 11.3. The topological polar surface area (TPSA) is 80.7 Å². The van der Waals surface area contributed by atoms with Crippen LogP contribution in [0.25, 0.3) is 0 Å². The number of carboxylic acid groups (broad SMARTS) is 1. The number of rotatable bonds is 3. The van der Waals surface area contributed by atoms with Crippen molar-refractivity contribution in [1.82, 2.24) is 0 Å². The molecular weight excluding hydrogens is 371 g/mol. The highest BCUT2D eigenvalue weighted by atomic mass is 127. The van der Waals surface area contributed by atoms with Crippen molar-refractivity contribution >= 4 is 38.4 Å². The fraction of sp³-hybridized carbons (Fsp3) is 0.364. The Morgan fingerprint density at radius 2 is 2.17 bits per heavy atom. The predicted molar refractivity (Wildman–Crippen MR) is 73.8 cm³/mol. The van der Waals surface area contributed by atoms with Crippen LogP contribution in [0.2, 0.25) is 0 Å². The van der Waals surface area contributed by atoms with Gasteiger partial charge in [-0.05, 0) is 47.2 Å². The molecule has 1 saturated heterocycles. The highest BCUT2D eigenvalue weighted by Gasteiger charge is 2.30. The van der Waals surface area contributed by atoms with Gasteiger partial charge in [-0.25, -0.2) is 13.2 Å². The third-order valence-electron chi connectivity index (χ3n) is 2.66. The molecule has 1 N–H and O–H groups in total. The van der Waals surface area contributed by atoms with E-state index in [9.17, 15) is 13.2 Å². The largest absolute Gasteiger partial charge is 0.488 e. The Bertz CT molecular complexity index is 581. The molecule has 1 aliphatic rings. The molecular formula is C11H11IO5S. The number of carbonyl (C=O) groups is 1. The molecule has 5 nitrogen and oxygen atoms in total. The number of hydrogen-bond acceptors (Lipinski definition) is 4. The molecule has 1 heterocycles. The number of sulfone groups is 1. The first kappa shape index (κ1) is 13.6. The van der Waals surface area contributed by atoms with Crippen LogP contribution < -0.4 is 4.74 Å². The summed E-state index contributed by atoms with van der Waals surface area (Å²) in [6.07, 6.45) is -0.0407. The predicted octanol–water partition coefficient (Wildman–Crippen LogP) is 1.56. The van der Waals surface area contributed by atoms with Crippen molar-refractivity contribution in [2.24, 2.45) is 0 Å². The second kappa shape index (κ2) is 5.04. The van der Waals surface area contributed by atoms with E-state index in [0.29, 0.717) is 6.42 Å². The van der Waals surface area contributed by atoms with E-state index in [1.165, 1.54) is 6.07 Å². The van der Waals surface area contributed by atoms with Gasteiger partial charge in [-0.1, -0.05) is 0 Å². The quantitative estimate of drug-likeness (QED) is 0.803. The van der Waals surface area contributed by atoms with E-state index in [1.54, 1.807) is 12.1 Å². The molecule has 18 heavy (non-hydrogen) atoms. The summed E-state index contributed by atoms with van der Waals surface area (Å²) in [7, 11) is -3.03. The summed E-state index contributed by atoms with van der Waals surface area (Å²) in [6.45, 7) is 0. The zero-order chi connectivity index (χ0) is 13.3. The molecule has 2 rings (SSSR count). The first-order valence-corrected chi connectivity index (χ1v) is 8.17. The normalized spacial score (nSPS) is 21.7. The van der Waals surface area contributed by atoms with E-state index in [4.69, 9.17) is 9.84 Å². The number of halogens is 1. The van der Waals surface area contributed by atoms with Gasteiger partial charge >= 0.3 is 5.97 Å². The second-order valence-electron chi connectivity index (χ2n) is 4.09. The van der Waals surface area contributed by atoms with Gasteiger partial charge in [0, 0.05) is 3.57 Å². The van der Waals surface area contributed by atoms with E-state index < -0.39 is 21.9 Å².